The molecule has 0 fully saturated rings. The number of esters is 1. The molecule has 0 bridgehead atoms. The van der Waals surface area contributed by atoms with E-state index < -0.39 is 18.5 Å². The van der Waals surface area contributed by atoms with Crippen LogP contribution in [0.2, 0.25) is 10.0 Å². The first kappa shape index (κ1) is 16.8. The summed E-state index contributed by atoms with van der Waals surface area (Å²) in [6.45, 7) is -0.422. The Kier molecular flexibility index (Phi) is 5.04. The molecule has 0 atom stereocenters. The van der Waals surface area contributed by atoms with Crippen LogP contribution in [0.1, 0.15) is 9.67 Å². The van der Waals surface area contributed by atoms with Crippen LogP contribution in [-0.2, 0) is 9.53 Å². The second-order valence-electron chi connectivity index (χ2n) is 4.85. The summed E-state index contributed by atoms with van der Waals surface area (Å²) < 4.78 is 5.93. The number of benzene rings is 2. The van der Waals surface area contributed by atoms with Gasteiger partial charge in [0.2, 0.25) is 0 Å². The maximum atomic E-state index is 12.2. The predicted octanol–water partition coefficient (Wildman–Crippen LogP) is 5.00. The van der Waals surface area contributed by atoms with E-state index in [4.69, 9.17) is 27.9 Å². The Hall–Kier alpha value is -2.08. The van der Waals surface area contributed by atoms with Gasteiger partial charge in [0.05, 0.1) is 15.7 Å². The fraction of sp³-hybridized carbons (Fsp3) is 0.0588. The van der Waals surface area contributed by atoms with E-state index in [1.807, 2.05) is 24.3 Å². The maximum absolute atomic E-state index is 12.2. The fourth-order valence-corrected chi connectivity index (χ4v) is 3.68. The van der Waals surface area contributed by atoms with Crippen LogP contribution in [-0.4, -0.2) is 18.5 Å². The summed E-state index contributed by atoms with van der Waals surface area (Å²) >= 11 is 13.4. The Morgan fingerprint density at radius 2 is 1.75 bits per heavy atom. The van der Waals surface area contributed by atoms with Crippen molar-refractivity contribution in [3.63, 3.8) is 0 Å². The summed E-state index contributed by atoms with van der Waals surface area (Å²) in [4.78, 5) is 24.3. The summed E-state index contributed by atoms with van der Waals surface area (Å²) in [6.07, 6.45) is 0. The van der Waals surface area contributed by atoms with Crippen molar-refractivity contribution in [1.82, 2.24) is 0 Å². The highest BCUT2D eigenvalue weighted by atomic mass is 35.5. The minimum absolute atomic E-state index is 0.281. The van der Waals surface area contributed by atoms with Crippen molar-refractivity contribution in [3.8, 4) is 0 Å². The highest BCUT2D eigenvalue weighted by molar-refractivity contribution is 7.21. The lowest BCUT2D eigenvalue weighted by atomic mass is 10.2. The largest absolute Gasteiger partial charge is 0.451 e. The molecule has 0 radical (unpaired) electrons. The van der Waals surface area contributed by atoms with Crippen molar-refractivity contribution in [2.75, 3.05) is 11.9 Å². The zero-order chi connectivity index (χ0) is 17.1. The number of rotatable bonds is 4. The molecule has 4 nitrogen and oxygen atoms in total. The van der Waals surface area contributed by atoms with Gasteiger partial charge in [-0.25, -0.2) is 4.79 Å². The lowest BCUT2D eigenvalue weighted by molar-refractivity contribution is -0.119. The van der Waals surface area contributed by atoms with Crippen molar-refractivity contribution < 1.29 is 14.3 Å². The van der Waals surface area contributed by atoms with E-state index in [2.05, 4.69) is 5.32 Å². The Morgan fingerprint density at radius 1 is 1.04 bits per heavy atom. The number of hydrogen-bond donors (Lipinski definition) is 1. The van der Waals surface area contributed by atoms with Crippen LogP contribution in [0, 0.1) is 0 Å². The lowest BCUT2D eigenvalue weighted by Gasteiger charge is -2.07. The number of thiophene rings is 1. The number of para-hydroxylation sites is 1. The Labute approximate surface area is 151 Å². The van der Waals surface area contributed by atoms with Gasteiger partial charge in [-0.3, -0.25) is 4.79 Å². The molecular weight excluding hydrogens is 369 g/mol. The molecule has 0 saturated heterocycles. The molecule has 1 amide bonds. The van der Waals surface area contributed by atoms with Crippen LogP contribution < -0.4 is 5.32 Å². The normalized spacial score (nSPS) is 10.6. The van der Waals surface area contributed by atoms with Gasteiger partial charge in [0, 0.05) is 10.1 Å². The number of ether oxygens (including phenoxy) is 1. The van der Waals surface area contributed by atoms with Gasteiger partial charge in [-0.05, 0) is 18.2 Å². The van der Waals surface area contributed by atoms with Crippen molar-refractivity contribution >= 4 is 62.2 Å². The van der Waals surface area contributed by atoms with Crippen LogP contribution in [0.15, 0.2) is 48.5 Å². The molecule has 24 heavy (non-hydrogen) atoms. The zero-order valence-corrected chi connectivity index (χ0v) is 14.5. The lowest BCUT2D eigenvalue weighted by Crippen LogP contribution is -2.20. The number of nitrogens with one attached hydrogen (secondary N) is 1. The molecule has 1 heterocycles. The first-order valence-electron chi connectivity index (χ1n) is 6.95. The highest BCUT2D eigenvalue weighted by Gasteiger charge is 2.19. The smallest absolute Gasteiger partial charge is 0.350 e. The maximum Gasteiger partial charge on any atom is 0.350 e. The fourth-order valence-electron chi connectivity index (χ4n) is 2.09. The van der Waals surface area contributed by atoms with Gasteiger partial charge in [-0.15, -0.1) is 11.3 Å². The molecule has 0 aliphatic carbocycles. The molecule has 122 valence electrons. The summed E-state index contributed by atoms with van der Waals surface area (Å²) in [5.74, 6) is -1.11. The molecule has 0 saturated carbocycles. The van der Waals surface area contributed by atoms with Crippen LogP contribution in [0.5, 0.6) is 0 Å². The van der Waals surface area contributed by atoms with Crippen LogP contribution in [0.3, 0.4) is 0 Å². The molecule has 0 aliphatic rings. The predicted molar refractivity (Wildman–Crippen MR) is 97.2 cm³/mol. The molecule has 1 aromatic heterocycles. The van der Waals surface area contributed by atoms with E-state index in [-0.39, 0.29) is 4.88 Å². The van der Waals surface area contributed by atoms with E-state index in [9.17, 15) is 9.59 Å². The average Bonchev–Trinajstić information content (AvgIpc) is 2.92. The van der Waals surface area contributed by atoms with Crippen LogP contribution in [0.4, 0.5) is 5.69 Å². The van der Waals surface area contributed by atoms with Gasteiger partial charge < -0.3 is 10.1 Å². The number of fused-ring (bicyclic) bond motifs is 1. The molecule has 0 aliphatic heterocycles. The number of anilines is 1. The molecule has 7 heteroatoms. The minimum Gasteiger partial charge on any atom is -0.451 e. The van der Waals surface area contributed by atoms with E-state index >= 15 is 0 Å². The molecular formula is C17H11Cl2NO3S. The number of carbonyl (C=O) groups excluding carboxylic acids is 2. The van der Waals surface area contributed by atoms with Gasteiger partial charge in [-0.1, -0.05) is 53.5 Å². The summed E-state index contributed by atoms with van der Waals surface area (Å²) in [7, 11) is 0. The molecule has 0 unspecified atom stereocenters. The molecule has 0 spiro atoms. The number of halogens is 2. The highest BCUT2D eigenvalue weighted by Crippen LogP contribution is 2.35. The van der Waals surface area contributed by atoms with Crippen LogP contribution in [0.25, 0.3) is 10.1 Å². The standard InChI is InChI=1S/C17H11Cl2NO3S/c18-11-6-2-3-7-12(11)20-14(21)9-23-17(22)16-15(19)10-5-1-4-8-13(10)24-16/h1-8H,9H2,(H,20,21). The minimum atomic E-state index is -0.629. The summed E-state index contributed by atoms with van der Waals surface area (Å²) in [6, 6.07) is 14.2. The van der Waals surface area contributed by atoms with E-state index in [1.54, 1.807) is 24.3 Å². The first-order valence-corrected chi connectivity index (χ1v) is 8.52. The molecule has 3 aromatic rings. The Morgan fingerprint density at radius 3 is 2.50 bits per heavy atom. The topological polar surface area (TPSA) is 55.4 Å². The third-order valence-corrected chi connectivity index (χ3v) is 5.19. The third-order valence-electron chi connectivity index (χ3n) is 3.20. The SMILES string of the molecule is O=C(COC(=O)c1sc2ccccc2c1Cl)Nc1ccccc1Cl. The van der Waals surface area contributed by atoms with Crippen molar-refractivity contribution in [2.45, 2.75) is 0 Å². The number of carbonyl (C=O) groups is 2. The van der Waals surface area contributed by atoms with Crippen LogP contribution >= 0.6 is 34.5 Å². The average molecular weight is 380 g/mol. The quantitative estimate of drug-likeness (QED) is 0.648. The van der Waals surface area contributed by atoms with E-state index in [0.717, 1.165) is 10.1 Å². The second-order valence-corrected chi connectivity index (χ2v) is 6.68. The monoisotopic (exact) mass is 379 g/mol. The Balaban J connectivity index is 1.65. The van der Waals surface area contributed by atoms with E-state index in [0.29, 0.717) is 15.7 Å². The Bertz CT molecular complexity index is 923. The summed E-state index contributed by atoms with van der Waals surface area (Å²) in [5.41, 5.74) is 0.458. The van der Waals surface area contributed by atoms with Gasteiger partial charge in [0.15, 0.2) is 6.61 Å². The molecule has 1 N–H and O–H groups in total. The summed E-state index contributed by atoms with van der Waals surface area (Å²) in [5, 5.41) is 4.12. The third kappa shape index (κ3) is 3.53. The van der Waals surface area contributed by atoms with E-state index in [1.165, 1.54) is 11.3 Å². The van der Waals surface area contributed by atoms with Crippen molar-refractivity contribution in [3.05, 3.63) is 63.5 Å². The first-order chi connectivity index (χ1) is 11.6. The zero-order valence-electron chi connectivity index (χ0n) is 12.2. The van der Waals surface area contributed by atoms with Gasteiger partial charge in [-0.2, -0.15) is 0 Å². The molecule has 2 aromatic carbocycles. The van der Waals surface area contributed by atoms with Crippen molar-refractivity contribution in [2.24, 2.45) is 0 Å². The second kappa shape index (κ2) is 7.21. The van der Waals surface area contributed by atoms with Gasteiger partial charge in [0.25, 0.3) is 5.91 Å². The van der Waals surface area contributed by atoms with Gasteiger partial charge >= 0.3 is 5.97 Å². The number of hydrogen-bond acceptors (Lipinski definition) is 4. The van der Waals surface area contributed by atoms with Crippen molar-refractivity contribution in [1.29, 1.82) is 0 Å². The number of amides is 1. The molecule has 3 rings (SSSR count). The van der Waals surface area contributed by atoms with Gasteiger partial charge in [0.1, 0.15) is 4.88 Å².